The number of benzene rings is 1. The second-order valence-corrected chi connectivity index (χ2v) is 9.96. The highest BCUT2D eigenvalue weighted by Crippen LogP contribution is 2.34. The molecule has 1 aromatic heterocycles. The summed E-state index contributed by atoms with van der Waals surface area (Å²) in [5.41, 5.74) is 3.65. The van der Waals surface area contributed by atoms with Gasteiger partial charge in [-0.15, -0.1) is 0 Å². The van der Waals surface area contributed by atoms with Gasteiger partial charge in [0.25, 0.3) is 0 Å². The predicted octanol–water partition coefficient (Wildman–Crippen LogP) is 8.88. The first-order chi connectivity index (χ1) is 16.3. The molecule has 1 atom stereocenters. The Morgan fingerprint density at radius 2 is 1.36 bits per heavy atom. The van der Waals surface area contributed by atoms with E-state index in [4.69, 9.17) is 4.74 Å². The van der Waals surface area contributed by atoms with Crippen LogP contribution in [-0.4, -0.2) is 16.1 Å². The van der Waals surface area contributed by atoms with Crippen molar-refractivity contribution in [2.75, 3.05) is 0 Å². The van der Waals surface area contributed by atoms with E-state index in [1.54, 1.807) is 0 Å². The molecule has 3 rings (SSSR count). The molecule has 3 heteroatoms. The van der Waals surface area contributed by atoms with Gasteiger partial charge in [0.05, 0.1) is 0 Å². The molecule has 1 aromatic carbocycles. The number of aryl methyl sites for hydroxylation is 1. The lowest BCUT2D eigenvalue weighted by molar-refractivity contribution is 0.216. The van der Waals surface area contributed by atoms with Crippen LogP contribution in [-0.2, 0) is 12.8 Å². The molecule has 3 nitrogen and oxygen atoms in total. The average molecular weight is 451 g/mol. The average Bonchev–Trinajstić information content (AvgIpc) is 3.25. The van der Waals surface area contributed by atoms with Gasteiger partial charge in [-0.2, -0.15) is 0 Å². The maximum absolute atomic E-state index is 6.27. The number of aromatic nitrogens is 2. The minimum atomic E-state index is 0.344. The van der Waals surface area contributed by atoms with Crippen molar-refractivity contribution in [1.29, 1.82) is 0 Å². The summed E-state index contributed by atoms with van der Waals surface area (Å²) in [6.07, 6.45) is 26.5. The van der Waals surface area contributed by atoms with Crippen LogP contribution >= 0.6 is 0 Å². The molecular formula is C30H46N2O. The van der Waals surface area contributed by atoms with E-state index in [0.717, 1.165) is 30.0 Å². The first-order valence-electron chi connectivity index (χ1n) is 13.9. The summed E-state index contributed by atoms with van der Waals surface area (Å²) in [6.45, 7) is 4.55. The molecule has 0 fully saturated rings. The minimum absolute atomic E-state index is 0.344. The molecule has 0 aliphatic carbocycles. The number of rotatable bonds is 17. The minimum Gasteiger partial charge on any atom is -0.490 e. The second kappa shape index (κ2) is 15.1. The third kappa shape index (κ3) is 9.10. The van der Waals surface area contributed by atoms with Crippen molar-refractivity contribution in [3.05, 3.63) is 41.7 Å². The summed E-state index contributed by atoms with van der Waals surface area (Å²) >= 11 is 0. The van der Waals surface area contributed by atoms with Crippen LogP contribution in [0.3, 0.4) is 0 Å². The maximum atomic E-state index is 6.27. The van der Waals surface area contributed by atoms with Crippen molar-refractivity contribution in [2.24, 2.45) is 0 Å². The number of nitrogens with zero attached hydrogens (tertiary/aromatic N) is 2. The van der Waals surface area contributed by atoms with Crippen LogP contribution in [0.4, 0.5) is 0 Å². The second-order valence-electron chi connectivity index (χ2n) is 9.96. The van der Waals surface area contributed by atoms with Crippen LogP contribution in [0.5, 0.6) is 5.75 Å². The van der Waals surface area contributed by atoms with Gasteiger partial charge in [-0.3, -0.25) is 0 Å². The SMILES string of the molecule is CCCCCCCCCCc1cnc(-c2ccc3c(c2)OC(CCCCCCCC)C3)nc1. The summed E-state index contributed by atoms with van der Waals surface area (Å²) in [5.74, 6) is 1.84. The molecule has 2 aromatic rings. The Labute approximate surface area is 202 Å². The molecule has 2 heterocycles. The number of unbranched alkanes of at least 4 members (excludes halogenated alkanes) is 12. The van der Waals surface area contributed by atoms with E-state index in [2.05, 4.69) is 42.0 Å². The molecule has 0 amide bonds. The lowest BCUT2D eigenvalue weighted by atomic mass is 10.0. The topological polar surface area (TPSA) is 35.0 Å². The van der Waals surface area contributed by atoms with Gasteiger partial charge in [-0.25, -0.2) is 9.97 Å². The Hall–Kier alpha value is -1.90. The fraction of sp³-hybridized carbons (Fsp3) is 0.667. The fourth-order valence-corrected chi connectivity index (χ4v) is 4.85. The van der Waals surface area contributed by atoms with Gasteiger partial charge in [-0.1, -0.05) is 103 Å². The molecule has 0 spiro atoms. The largest absolute Gasteiger partial charge is 0.490 e. The molecular weight excluding hydrogens is 404 g/mol. The number of hydrogen-bond donors (Lipinski definition) is 0. The molecule has 0 saturated heterocycles. The van der Waals surface area contributed by atoms with Crippen LogP contribution < -0.4 is 4.74 Å². The van der Waals surface area contributed by atoms with Crippen molar-refractivity contribution in [3.63, 3.8) is 0 Å². The quantitative estimate of drug-likeness (QED) is 0.226. The molecule has 33 heavy (non-hydrogen) atoms. The first-order valence-corrected chi connectivity index (χ1v) is 13.9. The Morgan fingerprint density at radius 3 is 2.03 bits per heavy atom. The van der Waals surface area contributed by atoms with Gasteiger partial charge in [-0.05, 0) is 42.9 Å². The monoisotopic (exact) mass is 450 g/mol. The van der Waals surface area contributed by atoms with E-state index in [1.165, 1.54) is 107 Å². The van der Waals surface area contributed by atoms with Gasteiger partial charge in [0.1, 0.15) is 11.9 Å². The van der Waals surface area contributed by atoms with E-state index >= 15 is 0 Å². The van der Waals surface area contributed by atoms with Crippen LogP contribution in [0.1, 0.15) is 121 Å². The van der Waals surface area contributed by atoms with Crippen LogP contribution in [0.15, 0.2) is 30.6 Å². The predicted molar refractivity (Wildman–Crippen MR) is 140 cm³/mol. The van der Waals surface area contributed by atoms with Gasteiger partial charge >= 0.3 is 0 Å². The third-order valence-corrected chi connectivity index (χ3v) is 6.97. The first kappa shape index (κ1) is 25.7. The normalized spacial score (nSPS) is 14.9. The summed E-state index contributed by atoms with van der Waals surface area (Å²) in [5, 5.41) is 0. The smallest absolute Gasteiger partial charge is 0.159 e. The number of hydrogen-bond acceptors (Lipinski definition) is 3. The number of fused-ring (bicyclic) bond motifs is 1. The summed E-state index contributed by atoms with van der Waals surface area (Å²) in [7, 11) is 0. The van der Waals surface area contributed by atoms with Crippen molar-refractivity contribution in [1.82, 2.24) is 9.97 Å². The highest BCUT2D eigenvalue weighted by molar-refractivity contribution is 5.60. The Bertz CT molecular complexity index is 786. The van der Waals surface area contributed by atoms with E-state index in [0.29, 0.717) is 6.10 Å². The fourth-order valence-electron chi connectivity index (χ4n) is 4.85. The zero-order chi connectivity index (χ0) is 23.1. The maximum Gasteiger partial charge on any atom is 0.159 e. The number of ether oxygens (including phenoxy) is 1. The van der Waals surface area contributed by atoms with E-state index in [9.17, 15) is 0 Å². The van der Waals surface area contributed by atoms with Crippen molar-refractivity contribution >= 4 is 0 Å². The highest BCUT2D eigenvalue weighted by Gasteiger charge is 2.23. The van der Waals surface area contributed by atoms with Gasteiger partial charge in [0.15, 0.2) is 5.82 Å². The summed E-state index contributed by atoms with van der Waals surface area (Å²) < 4.78 is 6.27. The molecule has 0 saturated carbocycles. The highest BCUT2D eigenvalue weighted by atomic mass is 16.5. The van der Waals surface area contributed by atoms with Gasteiger partial charge < -0.3 is 4.74 Å². The van der Waals surface area contributed by atoms with E-state index < -0.39 is 0 Å². The Kier molecular flexibility index (Phi) is 11.8. The van der Waals surface area contributed by atoms with Crippen molar-refractivity contribution < 1.29 is 4.74 Å². The lowest BCUT2D eigenvalue weighted by Crippen LogP contribution is -2.12. The van der Waals surface area contributed by atoms with Crippen molar-refractivity contribution in [3.8, 4) is 17.1 Å². The Morgan fingerprint density at radius 1 is 0.758 bits per heavy atom. The standard InChI is InChI=1S/C30H46N2O/c1-3-5-7-9-11-12-13-15-17-25-23-31-30(32-24-25)27-20-19-26-21-28(33-29(26)22-27)18-16-14-10-8-6-4-2/h19-20,22-24,28H,3-18,21H2,1-2H3. The molecule has 1 aliphatic rings. The summed E-state index contributed by atoms with van der Waals surface area (Å²) in [4.78, 5) is 9.32. The van der Waals surface area contributed by atoms with Crippen LogP contribution in [0.2, 0.25) is 0 Å². The van der Waals surface area contributed by atoms with Gasteiger partial charge in [0, 0.05) is 24.4 Å². The molecule has 0 radical (unpaired) electrons. The van der Waals surface area contributed by atoms with E-state index in [1.807, 2.05) is 12.4 Å². The molecule has 0 bridgehead atoms. The van der Waals surface area contributed by atoms with Crippen LogP contribution in [0.25, 0.3) is 11.4 Å². The molecule has 0 N–H and O–H groups in total. The zero-order valence-electron chi connectivity index (χ0n) is 21.3. The third-order valence-electron chi connectivity index (χ3n) is 6.97. The van der Waals surface area contributed by atoms with Crippen molar-refractivity contribution in [2.45, 2.75) is 129 Å². The zero-order valence-corrected chi connectivity index (χ0v) is 21.3. The van der Waals surface area contributed by atoms with E-state index in [-0.39, 0.29) is 0 Å². The molecule has 1 aliphatic heterocycles. The Balaban J connectivity index is 1.38. The van der Waals surface area contributed by atoms with Crippen LogP contribution in [0, 0.1) is 0 Å². The lowest BCUT2D eigenvalue weighted by Gasteiger charge is -2.10. The molecule has 182 valence electrons. The molecule has 1 unspecified atom stereocenters. The summed E-state index contributed by atoms with van der Waals surface area (Å²) in [6, 6.07) is 6.51. The van der Waals surface area contributed by atoms with Gasteiger partial charge in [0.2, 0.25) is 0 Å².